The van der Waals surface area contributed by atoms with Gasteiger partial charge in [0, 0.05) is 0 Å². The monoisotopic (exact) mass is 141 g/mol. The van der Waals surface area contributed by atoms with Gasteiger partial charge in [0.1, 0.15) is 0 Å². The lowest BCUT2D eigenvalue weighted by Crippen LogP contribution is -2.26. The van der Waals surface area contributed by atoms with Gasteiger partial charge in [-0.3, -0.25) is 4.99 Å². The molecular weight excluding hydrogens is 126 g/mol. The van der Waals surface area contributed by atoms with Crippen LogP contribution in [0.15, 0.2) is 4.99 Å². The van der Waals surface area contributed by atoms with E-state index in [1.165, 1.54) is 12.8 Å². The molecule has 1 aliphatic rings. The molecular formula is C7H15N3. The van der Waals surface area contributed by atoms with Crippen molar-refractivity contribution in [1.29, 1.82) is 0 Å². The SMILES string of the molecule is CC1CCCC1N=C(N)N. The molecule has 0 bridgehead atoms. The molecule has 0 aromatic heterocycles. The molecule has 1 rings (SSSR count). The molecule has 2 unspecified atom stereocenters. The minimum atomic E-state index is 0.235. The lowest BCUT2D eigenvalue weighted by Gasteiger charge is -2.08. The van der Waals surface area contributed by atoms with Crippen molar-refractivity contribution in [3.05, 3.63) is 0 Å². The molecule has 4 N–H and O–H groups in total. The van der Waals surface area contributed by atoms with Crippen molar-refractivity contribution >= 4 is 5.96 Å². The summed E-state index contributed by atoms with van der Waals surface area (Å²) in [4.78, 5) is 4.13. The van der Waals surface area contributed by atoms with Crippen LogP contribution in [0.1, 0.15) is 26.2 Å². The van der Waals surface area contributed by atoms with Gasteiger partial charge in [0.05, 0.1) is 6.04 Å². The summed E-state index contributed by atoms with van der Waals surface area (Å²) in [6, 6.07) is 0.394. The molecule has 0 radical (unpaired) electrons. The Labute approximate surface area is 61.5 Å². The van der Waals surface area contributed by atoms with Gasteiger partial charge in [-0.25, -0.2) is 0 Å². The molecule has 2 atom stereocenters. The molecule has 1 fully saturated rings. The van der Waals surface area contributed by atoms with Crippen molar-refractivity contribution in [3.63, 3.8) is 0 Å². The summed E-state index contributed by atoms with van der Waals surface area (Å²) in [6.45, 7) is 2.20. The first-order chi connectivity index (χ1) is 4.70. The van der Waals surface area contributed by atoms with E-state index in [0.717, 1.165) is 6.42 Å². The van der Waals surface area contributed by atoms with E-state index in [4.69, 9.17) is 11.5 Å². The summed E-state index contributed by atoms with van der Waals surface area (Å²) < 4.78 is 0. The Bertz CT molecular complexity index is 138. The molecule has 3 heteroatoms. The first-order valence-electron chi connectivity index (χ1n) is 3.79. The fourth-order valence-electron chi connectivity index (χ4n) is 1.51. The summed E-state index contributed by atoms with van der Waals surface area (Å²) in [5.74, 6) is 0.904. The average molecular weight is 141 g/mol. The summed E-state index contributed by atoms with van der Waals surface area (Å²) >= 11 is 0. The number of hydrogen-bond donors (Lipinski definition) is 2. The Morgan fingerprint density at radius 1 is 1.40 bits per heavy atom. The highest BCUT2D eigenvalue weighted by Crippen LogP contribution is 2.27. The van der Waals surface area contributed by atoms with Crippen LogP contribution in [0.2, 0.25) is 0 Å². The molecule has 0 amide bonds. The first-order valence-corrected chi connectivity index (χ1v) is 3.79. The Kier molecular flexibility index (Phi) is 2.14. The van der Waals surface area contributed by atoms with Gasteiger partial charge in [-0.05, 0) is 18.8 Å². The highest BCUT2D eigenvalue weighted by Gasteiger charge is 2.22. The number of nitrogens with two attached hydrogens (primary N) is 2. The second-order valence-corrected chi connectivity index (χ2v) is 3.03. The molecule has 3 nitrogen and oxygen atoms in total. The molecule has 0 aliphatic heterocycles. The number of aliphatic imine (C=N–C) groups is 1. The van der Waals surface area contributed by atoms with Crippen LogP contribution in [0.4, 0.5) is 0 Å². The third kappa shape index (κ3) is 1.62. The summed E-state index contributed by atoms with van der Waals surface area (Å²) in [5.41, 5.74) is 10.5. The maximum absolute atomic E-state index is 5.26. The third-order valence-electron chi connectivity index (χ3n) is 2.13. The molecule has 0 aromatic carbocycles. The summed E-state index contributed by atoms with van der Waals surface area (Å²) in [7, 11) is 0. The zero-order chi connectivity index (χ0) is 7.56. The minimum Gasteiger partial charge on any atom is -0.370 e. The zero-order valence-electron chi connectivity index (χ0n) is 6.38. The topological polar surface area (TPSA) is 64.4 Å². The van der Waals surface area contributed by atoms with Crippen LogP contribution in [0.5, 0.6) is 0 Å². The van der Waals surface area contributed by atoms with Crippen molar-refractivity contribution in [3.8, 4) is 0 Å². The van der Waals surface area contributed by atoms with Crippen LogP contribution in [-0.2, 0) is 0 Å². The molecule has 0 saturated heterocycles. The first kappa shape index (κ1) is 7.38. The van der Waals surface area contributed by atoms with Crippen molar-refractivity contribution < 1.29 is 0 Å². The number of rotatable bonds is 1. The van der Waals surface area contributed by atoms with Gasteiger partial charge in [0.25, 0.3) is 0 Å². The van der Waals surface area contributed by atoms with Gasteiger partial charge in [0.2, 0.25) is 0 Å². The van der Waals surface area contributed by atoms with Crippen LogP contribution in [0, 0.1) is 5.92 Å². The smallest absolute Gasteiger partial charge is 0.186 e. The summed E-state index contributed by atoms with van der Waals surface area (Å²) in [6.07, 6.45) is 3.68. The fraction of sp³-hybridized carbons (Fsp3) is 0.857. The second kappa shape index (κ2) is 2.90. The van der Waals surface area contributed by atoms with Crippen molar-refractivity contribution in [2.75, 3.05) is 0 Å². The van der Waals surface area contributed by atoms with Crippen LogP contribution in [0.25, 0.3) is 0 Å². The lowest BCUT2D eigenvalue weighted by atomic mass is 10.1. The molecule has 10 heavy (non-hydrogen) atoms. The predicted molar refractivity (Wildman–Crippen MR) is 42.6 cm³/mol. The van der Waals surface area contributed by atoms with Gasteiger partial charge in [-0.15, -0.1) is 0 Å². The second-order valence-electron chi connectivity index (χ2n) is 3.03. The van der Waals surface area contributed by atoms with Gasteiger partial charge in [-0.2, -0.15) is 0 Å². The minimum absolute atomic E-state index is 0.235. The number of guanidine groups is 1. The fourth-order valence-corrected chi connectivity index (χ4v) is 1.51. The Hall–Kier alpha value is -0.730. The molecule has 58 valence electrons. The maximum Gasteiger partial charge on any atom is 0.186 e. The van der Waals surface area contributed by atoms with Crippen LogP contribution >= 0.6 is 0 Å². The molecule has 0 heterocycles. The van der Waals surface area contributed by atoms with E-state index >= 15 is 0 Å². The molecule has 0 spiro atoms. The Morgan fingerprint density at radius 2 is 2.10 bits per heavy atom. The normalized spacial score (nSPS) is 32.1. The van der Waals surface area contributed by atoms with Crippen molar-refractivity contribution in [2.24, 2.45) is 22.4 Å². The van der Waals surface area contributed by atoms with Crippen LogP contribution < -0.4 is 11.5 Å². The Morgan fingerprint density at radius 3 is 2.50 bits per heavy atom. The van der Waals surface area contributed by atoms with Gasteiger partial charge < -0.3 is 11.5 Å². The molecule has 1 saturated carbocycles. The lowest BCUT2D eigenvalue weighted by molar-refractivity contribution is 0.529. The van der Waals surface area contributed by atoms with E-state index in [9.17, 15) is 0 Å². The third-order valence-corrected chi connectivity index (χ3v) is 2.13. The van der Waals surface area contributed by atoms with E-state index in [2.05, 4.69) is 11.9 Å². The van der Waals surface area contributed by atoms with E-state index < -0.39 is 0 Å². The quantitative estimate of drug-likeness (QED) is 0.411. The van der Waals surface area contributed by atoms with E-state index in [-0.39, 0.29) is 5.96 Å². The van der Waals surface area contributed by atoms with E-state index in [1.807, 2.05) is 0 Å². The van der Waals surface area contributed by atoms with E-state index in [0.29, 0.717) is 12.0 Å². The van der Waals surface area contributed by atoms with Gasteiger partial charge in [-0.1, -0.05) is 13.3 Å². The van der Waals surface area contributed by atoms with Gasteiger partial charge in [0.15, 0.2) is 5.96 Å². The maximum atomic E-state index is 5.26. The number of nitrogens with zero attached hydrogens (tertiary/aromatic N) is 1. The van der Waals surface area contributed by atoms with Crippen LogP contribution in [-0.4, -0.2) is 12.0 Å². The highest BCUT2D eigenvalue weighted by molar-refractivity contribution is 5.75. The standard InChI is InChI=1S/C7H15N3/c1-5-3-2-4-6(5)10-7(8)9/h5-6H,2-4H2,1H3,(H4,8,9,10). The van der Waals surface area contributed by atoms with Crippen LogP contribution in [0.3, 0.4) is 0 Å². The van der Waals surface area contributed by atoms with Crippen molar-refractivity contribution in [2.45, 2.75) is 32.2 Å². The van der Waals surface area contributed by atoms with Gasteiger partial charge >= 0.3 is 0 Å². The summed E-state index contributed by atoms with van der Waals surface area (Å²) in [5, 5.41) is 0. The highest BCUT2D eigenvalue weighted by atomic mass is 15.0. The zero-order valence-corrected chi connectivity index (χ0v) is 6.38. The average Bonchev–Trinajstić information content (AvgIpc) is 2.15. The molecule has 1 aliphatic carbocycles. The van der Waals surface area contributed by atoms with E-state index in [1.54, 1.807) is 0 Å². The Balaban J connectivity index is 2.48. The predicted octanol–water partition coefficient (Wildman–Crippen LogP) is 0.448. The van der Waals surface area contributed by atoms with Crippen molar-refractivity contribution in [1.82, 2.24) is 0 Å². The molecule has 0 aromatic rings. The largest absolute Gasteiger partial charge is 0.370 e. The number of hydrogen-bond acceptors (Lipinski definition) is 1.